The fraction of sp³-hybridized carbons (Fsp3) is 0.500. The summed E-state index contributed by atoms with van der Waals surface area (Å²) in [4.78, 5) is 15.2. The Hall–Kier alpha value is -0.680. The lowest BCUT2D eigenvalue weighted by Gasteiger charge is -2.09. The molecule has 0 aromatic rings. The topological polar surface area (TPSA) is 41.6 Å². The summed E-state index contributed by atoms with van der Waals surface area (Å²) in [7, 11) is 1.46. The van der Waals surface area contributed by atoms with Crippen LogP contribution in [0.15, 0.2) is 0 Å². The summed E-state index contributed by atoms with van der Waals surface area (Å²) in [5, 5.41) is 4.06. The summed E-state index contributed by atoms with van der Waals surface area (Å²) in [6, 6.07) is 0. The lowest BCUT2D eigenvalue weighted by Crippen LogP contribution is -2.26. The van der Waals surface area contributed by atoms with Crippen molar-refractivity contribution in [2.75, 3.05) is 13.7 Å². The lowest BCUT2D eigenvalue weighted by atomic mass is 10.7. The van der Waals surface area contributed by atoms with Crippen molar-refractivity contribution in [3.63, 3.8) is 0 Å². The van der Waals surface area contributed by atoms with E-state index in [1.54, 1.807) is 0 Å². The molecule has 50 valence electrons. The Labute approximate surface area is 57.7 Å². The molecule has 0 aromatic heterocycles. The average molecular weight is 146 g/mol. The third kappa shape index (κ3) is 1.17. The van der Waals surface area contributed by atoms with Crippen LogP contribution in [0.5, 0.6) is 0 Å². The molecule has 4 nitrogen and oxygen atoms in total. The third-order valence-electron chi connectivity index (χ3n) is 0.980. The number of nitrogens with zero attached hydrogens (tertiary/aromatic N) is 1. The highest BCUT2D eigenvalue weighted by atomic mass is 32.1. The summed E-state index contributed by atoms with van der Waals surface area (Å²) < 4.78 is 0. The second-order valence-electron chi connectivity index (χ2n) is 1.57. The van der Waals surface area contributed by atoms with Gasteiger partial charge in [0.05, 0.1) is 7.11 Å². The molecule has 0 bridgehead atoms. The molecule has 5 heteroatoms. The normalized spacial score (nSPS) is 18.6. The Balaban J connectivity index is 2.58. The van der Waals surface area contributed by atoms with Crippen molar-refractivity contribution >= 4 is 23.2 Å². The van der Waals surface area contributed by atoms with Gasteiger partial charge in [-0.05, 0) is 12.2 Å². The van der Waals surface area contributed by atoms with Gasteiger partial charge >= 0.3 is 0 Å². The van der Waals surface area contributed by atoms with Crippen LogP contribution in [-0.2, 0) is 9.63 Å². The van der Waals surface area contributed by atoms with Gasteiger partial charge in [-0.2, -0.15) is 0 Å². The summed E-state index contributed by atoms with van der Waals surface area (Å²) in [5.41, 5.74) is 0. The molecule has 0 aromatic carbocycles. The first-order valence-electron chi connectivity index (χ1n) is 2.39. The first kappa shape index (κ1) is 6.44. The highest BCUT2D eigenvalue weighted by molar-refractivity contribution is 7.80. The van der Waals surface area contributed by atoms with E-state index >= 15 is 0 Å². The quantitative estimate of drug-likeness (QED) is 0.495. The van der Waals surface area contributed by atoms with Gasteiger partial charge in [0.15, 0.2) is 5.11 Å². The predicted molar refractivity (Wildman–Crippen MR) is 34.5 cm³/mol. The molecular weight excluding hydrogens is 140 g/mol. The third-order valence-corrected chi connectivity index (χ3v) is 1.29. The highest BCUT2D eigenvalue weighted by Crippen LogP contribution is 1.96. The molecule has 1 rings (SSSR count). The van der Waals surface area contributed by atoms with Crippen molar-refractivity contribution in [3.8, 4) is 0 Å². The Kier molecular flexibility index (Phi) is 1.63. The second-order valence-corrected chi connectivity index (χ2v) is 1.96. The Morgan fingerprint density at radius 1 is 1.89 bits per heavy atom. The molecule has 0 atom stereocenters. The number of carbonyl (C=O) groups is 1. The zero-order chi connectivity index (χ0) is 6.85. The Morgan fingerprint density at radius 3 is 2.78 bits per heavy atom. The first-order chi connectivity index (χ1) is 4.24. The maximum atomic E-state index is 10.5. The molecule has 1 N–H and O–H groups in total. The van der Waals surface area contributed by atoms with E-state index in [-0.39, 0.29) is 12.5 Å². The van der Waals surface area contributed by atoms with E-state index in [1.807, 2.05) is 0 Å². The summed E-state index contributed by atoms with van der Waals surface area (Å²) in [5.74, 6) is -0.123. The molecular formula is C4H6N2O2S. The van der Waals surface area contributed by atoms with Crippen LogP contribution in [0.2, 0.25) is 0 Å². The molecule has 0 spiro atoms. The molecule has 0 aliphatic carbocycles. The Morgan fingerprint density at radius 2 is 2.56 bits per heavy atom. The van der Waals surface area contributed by atoms with Crippen LogP contribution in [-0.4, -0.2) is 29.7 Å². The van der Waals surface area contributed by atoms with E-state index in [9.17, 15) is 4.79 Å². The highest BCUT2D eigenvalue weighted by Gasteiger charge is 2.22. The van der Waals surface area contributed by atoms with Crippen LogP contribution in [0.25, 0.3) is 0 Å². The number of rotatable bonds is 1. The number of hydrogen-bond acceptors (Lipinski definition) is 3. The van der Waals surface area contributed by atoms with Crippen molar-refractivity contribution in [1.29, 1.82) is 0 Å². The van der Waals surface area contributed by atoms with Gasteiger partial charge in [0.2, 0.25) is 5.91 Å². The maximum absolute atomic E-state index is 10.5. The smallest absolute Gasteiger partial charge is 0.248 e. The van der Waals surface area contributed by atoms with Crippen LogP contribution in [0.1, 0.15) is 0 Å². The number of thiocarbonyl (C=S) groups is 1. The van der Waals surface area contributed by atoms with Gasteiger partial charge in [-0.15, -0.1) is 0 Å². The molecule has 1 aliphatic rings. The van der Waals surface area contributed by atoms with Crippen molar-refractivity contribution in [2.45, 2.75) is 0 Å². The number of nitrogens with one attached hydrogen (secondary N) is 1. The minimum atomic E-state index is -0.123. The Bertz CT molecular complexity index is 159. The standard InChI is InChI=1S/C4H6N2O2S/c1-8-6-2-3(7)5-4(6)9/h2H2,1H3,(H,5,7,9). The number of hydroxylamine groups is 2. The zero-order valence-electron chi connectivity index (χ0n) is 4.88. The van der Waals surface area contributed by atoms with Gasteiger partial charge in [0.25, 0.3) is 0 Å². The lowest BCUT2D eigenvalue weighted by molar-refractivity contribution is -0.123. The number of hydrogen-bond donors (Lipinski definition) is 1. The second kappa shape index (κ2) is 2.28. The predicted octanol–water partition coefficient (Wildman–Crippen LogP) is -0.736. The first-order valence-corrected chi connectivity index (χ1v) is 2.80. The van der Waals surface area contributed by atoms with E-state index in [4.69, 9.17) is 4.84 Å². The summed E-state index contributed by atoms with van der Waals surface area (Å²) >= 11 is 4.69. The molecule has 9 heavy (non-hydrogen) atoms. The average Bonchev–Trinajstić information content (AvgIpc) is 2.10. The maximum Gasteiger partial charge on any atom is 0.248 e. The largest absolute Gasteiger partial charge is 0.300 e. The molecule has 0 saturated carbocycles. The summed E-state index contributed by atoms with van der Waals surface area (Å²) in [6.07, 6.45) is 0. The van der Waals surface area contributed by atoms with Gasteiger partial charge < -0.3 is 0 Å². The zero-order valence-corrected chi connectivity index (χ0v) is 5.70. The van der Waals surface area contributed by atoms with Crippen molar-refractivity contribution in [1.82, 2.24) is 10.4 Å². The van der Waals surface area contributed by atoms with Crippen LogP contribution in [0, 0.1) is 0 Å². The van der Waals surface area contributed by atoms with Gasteiger partial charge in [-0.1, -0.05) is 0 Å². The molecule has 1 heterocycles. The van der Waals surface area contributed by atoms with Crippen molar-refractivity contribution in [2.24, 2.45) is 0 Å². The van der Waals surface area contributed by atoms with E-state index in [1.165, 1.54) is 12.2 Å². The van der Waals surface area contributed by atoms with Gasteiger partial charge in [-0.3, -0.25) is 14.9 Å². The molecule has 1 saturated heterocycles. The van der Waals surface area contributed by atoms with Crippen LogP contribution in [0.4, 0.5) is 0 Å². The molecule has 1 fully saturated rings. The van der Waals surface area contributed by atoms with E-state index in [0.717, 1.165) is 0 Å². The monoisotopic (exact) mass is 146 g/mol. The van der Waals surface area contributed by atoms with Crippen LogP contribution >= 0.6 is 12.2 Å². The molecule has 1 amide bonds. The fourth-order valence-corrected chi connectivity index (χ4v) is 0.824. The molecule has 0 unspecified atom stereocenters. The fourth-order valence-electron chi connectivity index (χ4n) is 0.571. The van der Waals surface area contributed by atoms with E-state index in [0.29, 0.717) is 5.11 Å². The molecule has 1 aliphatic heterocycles. The minimum Gasteiger partial charge on any atom is -0.300 e. The van der Waals surface area contributed by atoms with Gasteiger partial charge in [0, 0.05) is 0 Å². The van der Waals surface area contributed by atoms with Crippen molar-refractivity contribution < 1.29 is 9.63 Å². The van der Waals surface area contributed by atoms with E-state index in [2.05, 4.69) is 17.5 Å². The number of amides is 1. The minimum absolute atomic E-state index is 0.123. The SMILES string of the molecule is CON1CC(=O)NC1=S. The van der Waals surface area contributed by atoms with Crippen molar-refractivity contribution in [3.05, 3.63) is 0 Å². The van der Waals surface area contributed by atoms with Gasteiger partial charge in [-0.25, -0.2) is 5.06 Å². The van der Waals surface area contributed by atoms with E-state index < -0.39 is 0 Å². The van der Waals surface area contributed by atoms with Gasteiger partial charge in [0.1, 0.15) is 6.54 Å². The molecule has 0 radical (unpaired) electrons. The summed E-state index contributed by atoms with van der Waals surface area (Å²) in [6.45, 7) is 0.204. The van der Waals surface area contributed by atoms with Crippen LogP contribution in [0.3, 0.4) is 0 Å². The van der Waals surface area contributed by atoms with Crippen LogP contribution < -0.4 is 5.32 Å². The number of carbonyl (C=O) groups excluding carboxylic acids is 1.